The van der Waals surface area contributed by atoms with Gasteiger partial charge in [0.2, 0.25) is 5.91 Å². The molecule has 1 aromatic heterocycles. The molecule has 0 saturated heterocycles. The fourth-order valence-electron chi connectivity index (χ4n) is 2.52. The van der Waals surface area contributed by atoms with Crippen LogP contribution in [0.1, 0.15) is 26.5 Å². The molecule has 0 atom stereocenters. The van der Waals surface area contributed by atoms with E-state index in [1.807, 2.05) is 0 Å². The quantitative estimate of drug-likeness (QED) is 0.636. The number of rotatable bonds is 6. The first-order chi connectivity index (χ1) is 13.3. The largest absolute Gasteiger partial charge is 0.459 e. The molecule has 1 heterocycles. The van der Waals surface area contributed by atoms with Crippen LogP contribution in [0.5, 0.6) is 0 Å². The maximum absolute atomic E-state index is 12.6. The maximum Gasteiger partial charge on any atom is 0.291 e. The Labute approximate surface area is 166 Å². The second-order valence-corrected chi connectivity index (χ2v) is 8.26. The van der Waals surface area contributed by atoms with Crippen molar-refractivity contribution in [3.63, 3.8) is 0 Å². The van der Waals surface area contributed by atoms with E-state index in [4.69, 9.17) is 21.8 Å². The van der Waals surface area contributed by atoms with Gasteiger partial charge in [-0.25, -0.2) is 8.42 Å². The van der Waals surface area contributed by atoms with Crippen molar-refractivity contribution < 1.29 is 22.4 Å². The van der Waals surface area contributed by atoms with Crippen molar-refractivity contribution in [1.82, 2.24) is 0 Å². The summed E-state index contributed by atoms with van der Waals surface area (Å²) in [5.74, 6) is -1.96. The average Bonchev–Trinajstić information content (AvgIpc) is 3.11. The number of hydrogen-bond acceptors (Lipinski definition) is 5. The smallest absolute Gasteiger partial charge is 0.291 e. The summed E-state index contributed by atoms with van der Waals surface area (Å²) in [5, 5.41) is 2.69. The van der Waals surface area contributed by atoms with Gasteiger partial charge in [-0.1, -0.05) is 29.8 Å². The summed E-state index contributed by atoms with van der Waals surface area (Å²) < 4.78 is 30.3. The third-order valence-electron chi connectivity index (χ3n) is 3.90. The Kier molecular flexibility index (Phi) is 5.53. The van der Waals surface area contributed by atoms with Gasteiger partial charge in [-0.15, -0.1) is 0 Å². The number of nitrogens with two attached hydrogens (primary N) is 1. The molecule has 3 aromatic rings. The van der Waals surface area contributed by atoms with E-state index in [-0.39, 0.29) is 32.5 Å². The Morgan fingerprint density at radius 1 is 1.07 bits per heavy atom. The zero-order chi connectivity index (χ0) is 20.3. The van der Waals surface area contributed by atoms with Crippen LogP contribution in [0.4, 0.5) is 5.69 Å². The van der Waals surface area contributed by atoms with E-state index in [9.17, 15) is 18.0 Å². The summed E-state index contributed by atoms with van der Waals surface area (Å²) in [6.45, 7) is 0. The number of primary amides is 1. The van der Waals surface area contributed by atoms with E-state index in [0.29, 0.717) is 0 Å². The summed E-state index contributed by atoms with van der Waals surface area (Å²) in [6.07, 6.45) is 1.23. The van der Waals surface area contributed by atoms with Crippen LogP contribution in [-0.2, 0) is 15.6 Å². The normalized spacial score (nSPS) is 11.2. The molecule has 3 rings (SSSR count). The Morgan fingerprint density at radius 3 is 2.46 bits per heavy atom. The second-order valence-electron chi connectivity index (χ2n) is 5.86. The van der Waals surface area contributed by atoms with E-state index in [0.717, 1.165) is 0 Å². The van der Waals surface area contributed by atoms with Gasteiger partial charge in [0.05, 0.1) is 27.6 Å². The minimum atomic E-state index is -3.67. The van der Waals surface area contributed by atoms with Gasteiger partial charge >= 0.3 is 0 Å². The van der Waals surface area contributed by atoms with Crippen molar-refractivity contribution in [1.29, 1.82) is 0 Å². The van der Waals surface area contributed by atoms with Crippen LogP contribution >= 0.6 is 11.6 Å². The summed E-state index contributed by atoms with van der Waals surface area (Å²) in [4.78, 5) is 24.0. The Morgan fingerprint density at radius 2 is 1.79 bits per heavy atom. The van der Waals surface area contributed by atoms with Crippen molar-refractivity contribution in [3.05, 3.63) is 82.8 Å². The van der Waals surface area contributed by atoms with E-state index in [2.05, 4.69) is 5.32 Å². The minimum absolute atomic E-state index is 0.139. The van der Waals surface area contributed by atoms with Gasteiger partial charge in [0.1, 0.15) is 0 Å². The van der Waals surface area contributed by atoms with Crippen LogP contribution in [0.15, 0.2) is 70.2 Å². The fourth-order valence-corrected chi connectivity index (χ4v) is 4.06. The van der Waals surface area contributed by atoms with Gasteiger partial charge in [-0.2, -0.15) is 0 Å². The molecule has 3 N–H and O–H groups in total. The van der Waals surface area contributed by atoms with E-state index < -0.39 is 27.4 Å². The molecule has 9 heteroatoms. The highest BCUT2D eigenvalue weighted by Crippen LogP contribution is 2.25. The van der Waals surface area contributed by atoms with Gasteiger partial charge in [0.15, 0.2) is 15.6 Å². The molecule has 7 nitrogen and oxygen atoms in total. The van der Waals surface area contributed by atoms with Crippen molar-refractivity contribution in [3.8, 4) is 0 Å². The molecule has 0 radical (unpaired) electrons. The number of halogens is 1. The number of anilines is 1. The molecular weight excluding hydrogens is 404 g/mol. The standard InChI is InChI=1S/C19H15ClN2O5S/c20-15-7-6-12(18(21)23)10-16(15)22-19(24)17-13(8-9-27-17)11-28(25,26)14-4-2-1-3-5-14/h1-10H,11H2,(H2,21,23)(H,22,24). The molecule has 0 aliphatic rings. The molecule has 0 bridgehead atoms. The molecule has 144 valence electrons. The predicted octanol–water partition coefficient (Wildman–Crippen LogP) is 3.26. The molecule has 0 spiro atoms. The summed E-state index contributed by atoms with van der Waals surface area (Å²) in [6, 6.07) is 13.5. The van der Waals surface area contributed by atoms with Gasteiger partial charge in [0, 0.05) is 11.1 Å². The van der Waals surface area contributed by atoms with Gasteiger partial charge in [-0.05, 0) is 36.4 Å². The fraction of sp³-hybridized carbons (Fsp3) is 0.0526. The molecule has 0 aliphatic heterocycles. The SMILES string of the molecule is NC(=O)c1ccc(Cl)c(NC(=O)c2occc2CS(=O)(=O)c2ccccc2)c1. The van der Waals surface area contributed by atoms with E-state index in [1.165, 1.54) is 42.7 Å². The number of carbonyl (C=O) groups is 2. The Bertz CT molecular complexity index is 1140. The molecule has 0 fully saturated rings. The molecule has 2 amide bonds. The summed E-state index contributed by atoms with van der Waals surface area (Å²) >= 11 is 6.04. The number of sulfone groups is 1. The molecule has 0 aliphatic carbocycles. The average molecular weight is 419 g/mol. The molecule has 28 heavy (non-hydrogen) atoms. The number of furan rings is 1. The number of carbonyl (C=O) groups excluding carboxylic acids is 2. The van der Waals surface area contributed by atoms with Crippen LogP contribution in [0.2, 0.25) is 5.02 Å². The summed E-state index contributed by atoms with van der Waals surface area (Å²) in [7, 11) is -3.67. The second kappa shape index (κ2) is 7.87. The van der Waals surface area contributed by atoms with Gasteiger partial charge < -0.3 is 15.5 Å². The van der Waals surface area contributed by atoms with Crippen LogP contribution in [0.3, 0.4) is 0 Å². The number of nitrogens with one attached hydrogen (secondary N) is 1. The van der Waals surface area contributed by atoms with Crippen molar-refractivity contribution >= 4 is 38.9 Å². The molecule has 2 aromatic carbocycles. The molecule has 0 unspecified atom stereocenters. The number of benzene rings is 2. The highest BCUT2D eigenvalue weighted by molar-refractivity contribution is 7.90. The zero-order valence-corrected chi connectivity index (χ0v) is 16.0. The topological polar surface area (TPSA) is 119 Å². The van der Waals surface area contributed by atoms with Crippen LogP contribution in [-0.4, -0.2) is 20.2 Å². The lowest BCUT2D eigenvalue weighted by Crippen LogP contribution is -2.16. The Hall–Kier alpha value is -3.10. The highest BCUT2D eigenvalue weighted by atomic mass is 35.5. The number of amides is 2. The van der Waals surface area contributed by atoms with Crippen molar-refractivity contribution in [2.75, 3.05) is 5.32 Å². The first-order valence-electron chi connectivity index (χ1n) is 8.03. The zero-order valence-electron chi connectivity index (χ0n) is 14.4. The highest BCUT2D eigenvalue weighted by Gasteiger charge is 2.23. The third-order valence-corrected chi connectivity index (χ3v) is 5.91. The minimum Gasteiger partial charge on any atom is -0.459 e. The van der Waals surface area contributed by atoms with E-state index in [1.54, 1.807) is 18.2 Å². The number of hydrogen-bond donors (Lipinski definition) is 2. The lowest BCUT2D eigenvalue weighted by Gasteiger charge is -2.09. The first-order valence-corrected chi connectivity index (χ1v) is 10.1. The lowest BCUT2D eigenvalue weighted by molar-refractivity contribution is 0.0987. The van der Waals surface area contributed by atoms with Crippen LogP contribution < -0.4 is 11.1 Å². The maximum atomic E-state index is 12.6. The third kappa shape index (κ3) is 4.24. The predicted molar refractivity (Wildman–Crippen MR) is 104 cm³/mol. The molecular formula is C19H15ClN2O5S. The van der Waals surface area contributed by atoms with E-state index >= 15 is 0 Å². The van der Waals surface area contributed by atoms with Crippen molar-refractivity contribution in [2.24, 2.45) is 5.73 Å². The first kappa shape index (κ1) is 19.7. The monoisotopic (exact) mass is 418 g/mol. The van der Waals surface area contributed by atoms with Gasteiger partial charge in [0.25, 0.3) is 5.91 Å². The Balaban J connectivity index is 1.85. The van der Waals surface area contributed by atoms with Crippen molar-refractivity contribution in [2.45, 2.75) is 10.6 Å². The summed E-state index contributed by atoms with van der Waals surface area (Å²) in [5.41, 5.74) is 5.73. The van der Waals surface area contributed by atoms with Crippen LogP contribution in [0.25, 0.3) is 0 Å². The lowest BCUT2D eigenvalue weighted by atomic mass is 10.2. The molecule has 0 saturated carbocycles. The van der Waals surface area contributed by atoms with Gasteiger partial charge in [-0.3, -0.25) is 9.59 Å². The van der Waals surface area contributed by atoms with Crippen LogP contribution in [0, 0.1) is 0 Å².